The number of methoxy groups -OCH3 is 1. The van der Waals surface area contributed by atoms with E-state index in [1.165, 1.54) is 0 Å². The number of hydrogen-bond donors (Lipinski definition) is 1. The molecule has 2 aromatic rings. The average Bonchev–Trinajstić information content (AvgIpc) is 3.07. The highest BCUT2D eigenvalue weighted by atomic mass is 16.5. The van der Waals surface area contributed by atoms with Crippen LogP contribution in [0.4, 0.5) is 11.8 Å². The fourth-order valence-corrected chi connectivity index (χ4v) is 4.44. The highest BCUT2D eigenvalue weighted by molar-refractivity contribution is 5.48. The van der Waals surface area contributed by atoms with Crippen LogP contribution in [0, 0.1) is 6.92 Å². The van der Waals surface area contributed by atoms with Gasteiger partial charge in [-0.3, -0.25) is 0 Å². The van der Waals surface area contributed by atoms with E-state index in [4.69, 9.17) is 14.5 Å². The van der Waals surface area contributed by atoms with Gasteiger partial charge in [-0.15, -0.1) is 0 Å². The van der Waals surface area contributed by atoms with E-state index < -0.39 is 0 Å². The Bertz CT molecular complexity index is 787. The minimum Gasteiger partial charge on any atom is -0.474 e. The van der Waals surface area contributed by atoms with Gasteiger partial charge >= 0.3 is 0 Å². The van der Waals surface area contributed by atoms with Crippen LogP contribution in [0.1, 0.15) is 31.4 Å². The molecule has 1 saturated carbocycles. The largest absolute Gasteiger partial charge is 0.474 e. The maximum absolute atomic E-state index is 6.17. The lowest BCUT2D eigenvalue weighted by atomic mass is 9.79. The zero-order valence-corrected chi connectivity index (χ0v) is 16.2. The number of pyridine rings is 1. The van der Waals surface area contributed by atoms with Crippen molar-refractivity contribution in [3.63, 3.8) is 0 Å². The lowest BCUT2D eigenvalue weighted by molar-refractivity contribution is -0.0607. The minimum absolute atomic E-state index is 0.125. The average molecular weight is 369 g/mol. The SMILES string of the molecule is CNc1nc(C)cc(N2CC[C@]3(OC)CC[C@@H](Oc4ccccn4)C[C@H]23)n1. The number of aryl methyl sites for hydroxylation is 1. The molecule has 7 heteroatoms. The number of anilines is 2. The van der Waals surface area contributed by atoms with Gasteiger partial charge in [0, 0.05) is 51.1 Å². The van der Waals surface area contributed by atoms with Crippen LogP contribution in [0.3, 0.4) is 0 Å². The molecule has 1 N–H and O–H groups in total. The Hall–Kier alpha value is -2.41. The van der Waals surface area contributed by atoms with Crippen LogP contribution in [-0.4, -0.2) is 53.4 Å². The van der Waals surface area contributed by atoms with Crippen molar-refractivity contribution in [1.82, 2.24) is 15.0 Å². The lowest BCUT2D eigenvalue weighted by Gasteiger charge is -2.43. The molecule has 0 radical (unpaired) electrons. The summed E-state index contributed by atoms with van der Waals surface area (Å²) in [5, 5.41) is 3.06. The normalized spacial score (nSPS) is 27.3. The topological polar surface area (TPSA) is 72.4 Å². The first-order valence-corrected chi connectivity index (χ1v) is 9.56. The molecule has 0 unspecified atom stereocenters. The van der Waals surface area contributed by atoms with E-state index in [-0.39, 0.29) is 17.7 Å². The van der Waals surface area contributed by atoms with Gasteiger partial charge in [0.1, 0.15) is 11.9 Å². The predicted octanol–water partition coefficient (Wildman–Crippen LogP) is 2.82. The van der Waals surface area contributed by atoms with Gasteiger partial charge < -0.3 is 19.7 Å². The maximum Gasteiger partial charge on any atom is 0.224 e. The van der Waals surface area contributed by atoms with E-state index in [2.05, 4.69) is 26.3 Å². The van der Waals surface area contributed by atoms with E-state index in [9.17, 15) is 0 Å². The summed E-state index contributed by atoms with van der Waals surface area (Å²) in [7, 11) is 3.68. The summed E-state index contributed by atoms with van der Waals surface area (Å²) in [6, 6.07) is 8.05. The summed E-state index contributed by atoms with van der Waals surface area (Å²) in [5.41, 5.74) is 0.819. The summed E-state index contributed by atoms with van der Waals surface area (Å²) < 4.78 is 12.2. The van der Waals surface area contributed by atoms with E-state index in [0.29, 0.717) is 11.8 Å². The number of hydrogen-bond acceptors (Lipinski definition) is 7. The molecule has 2 aliphatic rings. The van der Waals surface area contributed by atoms with Gasteiger partial charge in [0.15, 0.2) is 0 Å². The van der Waals surface area contributed by atoms with Gasteiger partial charge in [-0.1, -0.05) is 6.07 Å². The number of ether oxygens (including phenoxy) is 2. The van der Waals surface area contributed by atoms with Crippen molar-refractivity contribution < 1.29 is 9.47 Å². The van der Waals surface area contributed by atoms with Crippen molar-refractivity contribution in [2.45, 2.75) is 50.4 Å². The summed E-state index contributed by atoms with van der Waals surface area (Å²) in [5.74, 6) is 2.29. The highest BCUT2D eigenvalue weighted by Gasteiger charge is 2.52. The zero-order valence-electron chi connectivity index (χ0n) is 16.2. The quantitative estimate of drug-likeness (QED) is 0.869. The van der Waals surface area contributed by atoms with Crippen molar-refractivity contribution >= 4 is 11.8 Å². The summed E-state index contributed by atoms with van der Waals surface area (Å²) in [6.07, 6.45) is 5.73. The number of nitrogens with zero attached hydrogens (tertiary/aromatic N) is 4. The molecule has 3 atom stereocenters. The van der Waals surface area contributed by atoms with Gasteiger partial charge in [-0.25, -0.2) is 9.97 Å². The predicted molar refractivity (Wildman–Crippen MR) is 104 cm³/mol. The molecule has 3 heterocycles. The molecule has 7 nitrogen and oxygen atoms in total. The van der Waals surface area contributed by atoms with Crippen molar-refractivity contribution in [3.8, 4) is 5.88 Å². The summed E-state index contributed by atoms with van der Waals surface area (Å²) >= 11 is 0. The number of fused-ring (bicyclic) bond motifs is 1. The minimum atomic E-state index is -0.136. The first-order valence-electron chi connectivity index (χ1n) is 9.56. The molecular weight excluding hydrogens is 342 g/mol. The van der Waals surface area contributed by atoms with Crippen molar-refractivity contribution in [1.29, 1.82) is 0 Å². The third kappa shape index (κ3) is 3.43. The maximum atomic E-state index is 6.17. The van der Waals surface area contributed by atoms with Crippen LogP contribution in [0.15, 0.2) is 30.5 Å². The molecule has 1 saturated heterocycles. The molecule has 27 heavy (non-hydrogen) atoms. The molecule has 0 bridgehead atoms. The lowest BCUT2D eigenvalue weighted by Crippen LogP contribution is -2.52. The summed E-state index contributed by atoms with van der Waals surface area (Å²) in [6.45, 7) is 2.92. The smallest absolute Gasteiger partial charge is 0.224 e. The Labute approximate surface area is 160 Å². The molecule has 1 aliphatic carbocycles. The Balaban J connectivity index is 1.58. The zero-order chi connectivity index (χ0) is 18.9. The van der Waals surface area contributed by atoms with Gasteiger partial charge in [0.2, 0.25) is 11.8 Å². The van der Waals surface area contributed by atoms with E-state index in [1.807, 2.05) is 39.3 Å². The Morgan fingerprint density at radius 1 is 1.26 bits per heavy atom. The highest BCUT2D eigenvalue weighted by Crippen LogP contribution is 2.44. The van der Waals surface area contributed by atoms with Gasteiger partial charge in [-0.2, -0.15) is 4.98 Å². The molecule has 144 valence electrons. The van der Waals surface area contributed by atoms with Crippen LogP contribution in [-0.2, 0) is 4.74 Å². The Kier molecular flexibility index (Phi) is 4.86. The molecule has 1 aliphatic heterocycles. The standard InChI is InChI=1S/C20H27N5O2/c1-14-12-17(24-19(21-2)23-14)25-11-9-20(26-3)8-7-15(13-16(20)25)27-18-6-4-5-10-22-18/h4-6,10,12,15-16H,7-9,11,13H2,1-3H3,(H,21,23,24)/t15-,16+,20-/m1/s1. The molecule has 2 fully saturated rings. The van der Waals surface area contributed by atoms with Crippen LogP contribution < -0.4 is 15.0 Å². The van der Waals surface area contributed by atoms with Crippen molar-refractivity contribution in [2.75, 3.05) is 30.9 Å². The van der Waals surface area contributed by atoms with Crippen molar-refractivity contribution in [3.05, 3.63) is 36.2 Å². The molecule has 0 aromatic carbocycles. The first-order chi connectivity index (χ1) is 13.1. The number of nitrogens with one attached hydrogen (secondary N) is 1. The number of aromatic nitrogens is 3. The third-order valence-corrected chi connectivity index (χ3v) is 5.83. The monoisotopic (exact) mass is 369 g/mol. The summed E-state index contributed by atoms with van der Waals surface area (Å²) in [4.78, 5) is 15.8. The van der Waals surface area contributed by atoms with E-state index in [0.717, 1.165) is 43.7 Å². The van der Waals surface area contributed by atoms with Crippen LogP contribution in [0.2, 0.25) is 0 Å². The molecule has 0 amide bonds. The fraction of sp³-hybridized carbons (Fsp3) is 0.550. The van der Waals surface area contributed by atoms with Crippen LogP contribution in [0.5, 0.6) is 5.88 Å². The third-order valence-electron chi connectivity index (χ3n) is 5.83. The molecule has 4 rings (SSSR count). The Morgan fingerprint density at radius 3 is 2.89 bits per heavy atom. The van der Waals surface area contributed by atoms with E-state index >= 15 is 0 Å². The first kappa shape index (κ1) is 18.0. The van der Waals surface area contributed by atoms with Gasteiger partial charge in [0.05, 0.1) is 11.6 Å². The van der Waals surface area contributed by atoms with Gasteiger partial charge in [0.25, 0.3) is 0 Å². The number of rotatable bonds is 5. The molecular formula is C20H27N5O2. The van der Waals surface area contributed by atoms with Crippen LogP contribution in [0.25, 0.3) is 0 Å². The van der Waals surface area contributed by atoms with Crippen molar-refractivity contribution in [2.24, 2.45) is 0 Å². The molecule has 2 aromatic heterocycles. The second kappa shape index (κ2) is 7.31. The fourth-order valence-electron chi connectivity index (χ4n) is 4.44. The second-order valence-electron chi connectivity index (χ2n) is 7.35. The van der Waals surface area contributed by atoms with E-state index in [1.54, 1.807) is 6.20 Å². The van der Waals surface area contributed by atoms with Gasteiger partial charge in [-0.05, 0) is 32.3 Å². The molecule has 0 spiro atoms. The van der Waals surface area contributed by atoms with Crippen LogP contribution >= 0.6 is 0 Å². The second-order valence-corrected chi connectivity index (χ2v) is 7.35. The Morgan fingerprint density at radius 2 is 2.15 bits per heavy atom.